The van der Waals surface area contributed by atoms with E-state index in [0.717, 1.165) is 11.6 Å². The Labute approximate surface area is 53.0 Å². The van der Waals surface area contributed by atoms with Gasteiger partial charge in [0.15, 0.2) is 0 Å². The van der Waals surface area contributed by atoms with E-state index >= 15 is 0 Å². The molecule has 0 amide bonds. The highest BCUT2D eigenvalue weighted by atomic mass is 32.2. The molecule has 0 aromatic carbocycles. The van der Waals surface area contributed by atoms with Crippen molar-refractivity contribution in [2.75, 3.05) is 11.6 Å². The summed E-state index contributed by atoms with van der Waals surface area (Å²) in [6.07, 6.45) is 0. The first-order valence-electron chi connectivity index (χ1n) is 2.49. The molecule has 0 saturated carbocycles. The van der Waals surface area contributed by atoms with Crippen molar-refractivity contribution < 1.29 is 5.11 Å². The van der Waals surface area contributed by atoms with E-state index in [1.165, 1.54) is 0 Å². The zero-order chi connectivity index (χ0) is 5.98. The molecule has 0 aromatic heterocycles. The predicted octanol–water partition coefficient (Wildman–Crippen LogP) is 0.721. The number of hydrogen-bond donors (Lipinski definition) is 2. The summed E-state index contributed by atoms with van der Waals surface area (Å²) in [5.74, 6) is 2.15. The van der Waals surface area contributed by atoms with Crippen LogP contribution in [0.3, 0.4) is 0 Å². The number of rotatable bonds is 1. The molecule has 2 nitrogen and oxygen atoms in total. The lowest BCUT2D eigenvalue weighted by Gasteiger charge is -2.04. The molecule has 1 atom stereocenters. The van der Waals surface area contributed by atoms with Crippen molar-refractivity contribution in [1.29, 1.82) is 0 Å². The molecule has 0 bridgehead atoms. The number of aliphatic hydroxyl groups is 1. The van der Waals surface area contributed by atoms with Gasteiger partial charge < -0.3 is 5.11 Å². The van der Waals surface area contributed by atoms with E-state index < -0.39 is 0 Å². The highest BCUT2D eigenvalue weighted by molar-refractivity contribution is 7.99. The fourth-order valence-electron chi connectivity index (χ4n) is 0.609. The Hall–Kier alpha value is -0.150. The van der Waals surface area contributed by atoms with E-state index in [9.17, 15) is 0 Å². The summed E-state index contributed by atoms with van der Waals surface area (Å²) < 4.78 is 0. The van der Waals surface area contributed by atoms with E-state index in [1.54, 1.807) is 11.8 Å². The van der Waals surface area contributed by atoms with E-state index in [0.29, 0.717) is 0 Å². The predicted molar refractivity (Wildman–Crippen MR) is 36.0 cm³/mol. The minimum atomic E-state index is 0.139. The van der Waals surface area contributed by atoms with Crippen LogP contribution in [0.15, 0.2) is 12.3 Å². The van der Waals surface area contributed by atoms with Crippen molar-refractivity contribution in [2.24, 2.45) is 0 Å². The summed E-state index contributed by atoms with van der Waals surface area (Å²) in [5, 5.41) is 11.9. The Balaban J connectivity index is 2.35. The zero-order valence-electron chi connectivity index (χ0n) is 4.55. The molecule has 1 heterocycles. The van der Waals surface area contributed by atoms with Crippen LogP contribution in [0.2, 0.25) is 0 Å². The molecule has 1 aliphatic rings. The second-order valence-electron chi connectivity index (χ2n) is 1.76. The van der Waals surface area contributed by atoms with Gasteiger partial charge in [0, 0.05) is 11.6 Å². The van der Waals surface area contributed by atoms with Crippen LogP contribution in [0.5, 0.6) is 0 Å². The summed E-state index contributed by atoms with van der Waals surface area (Å²) in [6.45, 7) is 3.42. The fraction of sp³-hybridized carbons (Fsp3) is 0.600. The standard InChI is InChI=1S/C5H9NOS/c1-4(7)5-2-8-3-6-5/h5-7H,1-3H2/t5-/m1/s1. The van der Waals surface area contributed by atoms with Crippen LogP contribution in [0.4, 0.5) is 0 Å². The Bertz CT molecular complexity index is 98.6. The van der Waals surface area contributed by atoms with E-state index in [-0.39, 0.29) is 11.8 Å². The summed E-state index contributed by atoms with van der Waals surface area (Å²) >= 11 is 1.78. The van der Waals surface area contributed by atoms with E-state index in [4.69, 9.17) is 5.11 Å². The molecule has 0 radical (unpaired) electrons. The van der Waals surface area contributed by atoms with Gasteiger partial charge in [-0.1, -0.05) is 6.58 Å². The van der Waals surface area contributed by atoms with Gasteiger partial charge in [-0.05, 0) is 0 Å². The molecule has 3 heteroatoms. The molecule has 0 aliphatic carbocycles. The third kappa shape index (κ3) is 1.17. The van der Waals surface area contributed by atoms with Gasteiger partial charge in [-0.3, -0.25) is 5.32 Å². The number of hydrogen-bond acceptors (Lipinski definition) is 3. The second-order valence-corrected chi connectivity index (χ2v) is 2.79. The SMILES string of the molecule is C=C(O)[C@H]1CSCN1. The molecule has 1 fully saturated rings. The van der Waals surface area contributed by atoms with Crippen molar-refractivity contribution >= 4 is 11.8 Å². The number of nitrogens with one attached hydrogen (secondary N) is 1. The van der Waals surface area contributed by atoms with Crippen LogP contribution in [0.25, 0.3) is 0 Å². The van der Waals surface area contributed by atoms with Crippen molar-refractivity contribution in [3.63, 3.8) is 0 Å². The molecule has 1 aliphatic heterocycles. The first kappa shape index (κ1) is 5.98. The first-order valence-corrected chi connectivity index (χ1v) is 3.65. The molecule has 1 rings (SSSR count). The summed E-state index contributed by atoms with van der Waals surface area (Å²) in [4.78, 5) is 0. The Kier molecular flexibility index (Phi) is 1.81. The summed E-state index contributed by atoms with van der Waals surface area (Å²) in [7, 11) is 0. The van der Waals surface area contributed by atoms with Gasteiger partial charge in [-0.15, -0.1) is 11.8 Å². The van der Waals surface area contributed by atoms with Gasteiger partial charge in [0.05, 0.1) is 6.04 Å². The number of aliphatic hydroxyl groups excluding tert-OH is 1. The van der Waals surface area contributed by atoms with Crippen LogP contribution in [0.1, 0.15) is 0 Å². The van der Waals surface area contributed by atoms with Gasteiger partial charge in [-0.2, -0.15) is 0 Å². The third-order valence-electron chi connectivity index (χ3n) is 1.12. The molecule has 0 unspecified atom stereocenters. The zero-order valence-corrected chi connectivity index (χ0v) is 5.37. The van der Waals surface area contributed by atoms with E-state index in [2.05, 4.69) is 11.9 Å². The maximum Gasteiger partial charge on any atom is 0.103 e. The molecular weight excluding hydrogens is 122 g/mol. The topological polar surface area (TPSA) is 32.3 Å². The number of thioether (sulfide) groups is 1. The van der Waals surface area contributed by atoms with Gasteiger partial charge in [0.2, 0.25) is 0 Å². The molecule has 2 N–H and O–H groups in total. The van der Waals surface area contributed by atoms with Crippen LogP contribution < -0.4 is 5.32 Å². The molecule has 46 valence electrons. The highest BCUT2D eigenvalue weighted by Gasteiger charge is 2.15. The third-order valence-corrected chi connectivity index (χ3v) is 2.06. The largest absolute Gasteiger partial charge is 0.511 e. The average molecular weight is 131 g/mol. The van der Waals surface area contributed by atoms with Gasteiger partial charge in [0.1, 0.15) is 5.76 Å². The molecule has 1 saturated heterocycles. The molecule has 0 spiro atoms. The van der Waals surface area contributed by atoms with Crippen molar-refractivity contribution in [3.8, 4) is 0 Å². The minimum Gasteiger partial charge on any atom is -0.511 e. The normalized spacial score (nSPS) is 28.2. The first-order chi connectivity index (χ1) is 3.80. The minimum absolute atomic E-state index is 0.139. The molecule has 8 heavy (non-hydrogen) atoms. The van der Waals surface area contributed by atoms with Gasteiger partial charge in [-0.25, -0.2) is 0 Å². The second kappa shape index (κ2) is 2.42. The Morgan fingerprint density at radius 3 is 2.88 bits per heavy atom. The van der Waals surface area contributed by atoms with Crippen molar-refractivity contribution in [1.82, 2.24) is 5.32 Å². The highest BCUT2D eigenvalue weighted by Crippen LogP contribution is 2.12. The smallest absolute Gasteiger partial charge is 0.103 e. The average Bonchev–Trinajstić information content (AvgIpc) is 2.12. The molecular formula is C5H9NOS. The Morgan fingerprint density at radius 1 is 1.88 bits per heavy atom. The lowest BCUT2D eigenvalue weighted by Crippen LogP contribution is -2.24. The van der Waals surface area contributed by atoms with Gasteiger partial charge in [0.25, 0.3) is 0 Å². The lowest BCUT2D eigenvalue weighted by molar-refractivity contribution is 0.365. The van der Waals surface area contributed by atoms with Crippen LogP contribution in [0, 0.1) is 0 Å². The van der Waals surface area contributed by atoms with Crippen LogP contribution >= 0.6 is 11.8 Å². The maximum absolute atomic E-state index is 8.78. The lowest BCUT2D eigenvalue weighted by atomic mass is 10.3. The quantitative estimate of drug-likeness (QED) is 0.514. The monoisotopic (exact) mass is 131 g/mol. The maximum atomic E-state index is 8.78. The van der Waals surface area contributed by atoms with Crippen molar-refractivity contribution in [3.05, 3.63) is 12.3 Å². The van der Waals surface area contributed by atoms with Crippen molar-refractivity contribution in [2.45, 2.75) is 6.04 Å². The van der Waals surface area contributed by atoms with Crippen LogP contribution in [-0.2, 0) is 0 Å². The molecule has 0 aromatic rings. The van der Waals surface area contributed by atoms with Crippen LogP contribution in [-0.4, -0.2) is 22.8 Å². The fourth-order valence-corrected chi connectivity index (χ4v) is 1.59. The summed E-state index contributed by atoms with van der Waals surface area (Å²) in [5.41, 5.74) is 0. The van der Waals surface area contributed by atoms with Gasteiger partial charge >= 0.3 is 0 Å². The Morgan fingerprint density at radius 2 is 2.62 bits per heavy atom. The summed E-state index contributed by atoms with van der Waals surface area (Å²) in [6, 6.07) is 0.139. The van der Waals surface area contributed by atoms with E-state index in [1.807, 2.05) is 0 Å².